The molecule has 0 amide bonds. The molecule has 0 bridgehead atoms. The number of benzene rings is 1. The summed E-state index contributed by atoms with van der Waals surface area (Å²) >= 11 is 0. The van der Waals surface area contributed by atoms with Crippen LogP contribution < -0.4 is 4.90 Å². The summed E-state index contributed by atoms with van der Waals surface area (Å²) in [5.74, 6) is 0.902. The maximum absolute atomic E-state index is 13.2. The Morgan fingerprint density at radius 3 is 2.71 bits per heavy atom. The van der Waals surface area contributed by atoms with Gasteiger partial charge in [0.25, 0.3) is 0 Å². The molecule has 1 aromatic carbocycles. The van der Waals surface area contributed by atoms with E-state index in [0.29, 0.717) is 0 Å². The number of imidazole rings is 1. The van der Waals surface area contributed by atoms with E-state index in [1.54, 1.807) is 12.1 Å². The highest BCUT2D eigenvalue weighted by Crippen LogP contribution is 2.16. The standard InChI is InChI=1S/C16H21FN4/c1-2-20-7-6-18-16(20)21-10-8-19(9-11-21)13-14-4-3-5-15(17)12-14/h3-7,12H,2,8-11,13H2,1H3. The lowest BCUT2D eigenvalue weighted by atomic mass is 10.2. The topological polar surface area (TPSA) is 24.3 Å². The van der Waals surface area contributed by atoms with Crippen LogP contribution in [0.25, 0.3) is 0 Å². The van der Waals surface area contributed by atoms with Crippen LogP contribution in [0.4, 0.5) is 10.3 Å². The average Bonchev–Trinajstić information content (AvgIpc) is 2.96. The van der Waals surface area contributed by atoms with Gasteiger partial charge in [-0.1, -0.05) is 12.1 Å². The van der Waals surface area contributed by atoms with Crippen molar-refractivity contribution in [2.24, 2.45) is 0 Å². The van der Waals surface area contributed by atoms with E-state index < -0.39 is 0 Å². The molecule has 1 aliphatic rings. The predicted molar refractivity (Wildman–Crippen MR) is 81.8 cm³/mol. The van der Waals surface area contributed by atoms with E-state index in [-0.39, 0.29) is 5.82 Å². The molecule has 112 valence electrons. The van der Waals surface area contributed by atoms with Gasteiger partial charge in [0, 0.05) is 51.7 Å². The SMILES string of the molecule is CCn1ccnc1N1CCN(Cc2cccc(F)c2)CC1. The Kier molecular flexibility index (Phi) is 4.20. The highest BCUT2D eigenvalue weighted by molar-refractivity contribution is 5.32. The molecule has 1 aromatic heterocycles. The summed E-state index contributed by atoms with van der Waals surface area (Å²) in [7, 11) is 0. The fourth-order valence-electron chi connectivity index (χ4n) is 2.83. The van der Waals surface area contributed by atoms with Crippen molar-refractivity contribution in [3.63, 3.8) is 0 Å². The van der Waals surface area contributed by atoms with Gasteiger partial charge in [-0.2, -0.15) is 0 Å². The monoisotopic (exact) mass is 288 g/mol. The molecule has 5 heteroatoms. The van der Waals surface area contributed by atoms with E-state index >= 15 is 0 Å². The molecular weight excluding hydrogens is 267 g/mol. The summed E-state index contributed by atoms with van der Waals surface area (Å²) in [6.45, 7) is 7.77. The number of hydrogen-bond donors (Lipinski definition) is 0. The first-order valence-electron chi connectivity index (χ1n) is 7.49. The van der Waals surface area contributed by atoms with Crippen LogP contribution in [0.3, 0.4) is 0 Å². The van der Waals surface area contributed by atoms with Crippen molar-refractivity contribution in [1.29, 1.82) is 0 Å². The summed E-state index contributed by atoms with van der Waals surface area (Å²) in [6, 6.07) is 6.88. The molecule has 2 heterocycles. The maximum atomic E-state index is 13.2. The predicted octanol–water partition coefficient (Wildman–Crippen LogP) is 2.36. The number of piperazine rings is 1. The van der Waals surface area contributed by atoms with Crippen molar-refractivity contribution in [1.82, 2.24) is 14.5 Å². The largest absolute Gasteiger partial charge is 0.340 e. The number of halogens is 1. The molecule has 0 radical (unpaired) electrons. The van der Waals surface area contributed by atoms with Gasteiger partial charge in [0.1, 0.15) is 5.82 Å². The summed E-state index contributed by atoms with van der Waals surface area (Å²) in [6.07, 6.45) is 3.88. The van der Waals surface area contributed by atoms with Gasteiger partial charge in [-0.25, -0.2) is 9.37 Å². The minimum absolute atomic E-state index is 0.156. The fraction of sp³-hybridized carbons (Fsp3) is 0.438. The fourth-order valence-corrected chi connectivity index (χ4v) is 2.83. The molecule has 0 spiro atoms. The molecule has 1 saturated heterocycles. The molecule has 2 aromatic rings. The molecule has 1 aliphatic heterocycles. The minimum atomic E-state index is -0.156. The van der Waals surface area contributed by atoms with Crippen molar-refractivity contribution < 1.29 is 4.39 Å². The van der Waals surface area contributed by atoms with Gasteiger partial charge < -0.3 is 9.47 Å². The number of rotatable bonds is 4. The number of hydrogen-bond acceptors (Lipinski definition) is 3. The molecule has 0 unspecified atom stereocenters. The zero-order valence-electron chi connectivity index (χ0n) is 12.4. The highest BCUT2D eigenvalue weighted by Gasteiger charge is 2.20. The number of aromatic nitrogens is 2. The zero-order valence-corrected chi connectivity index (χ0v) is 12.4. The van der Waals surface area contributed by atoms with E-state index in [2.05, 4.69) is 26.3 Å². The first-order chi connectivity index (χ1) is 10.3. The number of nitrogens with zero attached hydrogens (tertiary/aromatic N) is 4. The zero-order chi connectivity index (χ0) is 14.7. The van der Waals surface area contributed by atoms with E-state index in [0.717, 1.165) is 50.8 Å². The van der Waals surface area contributed by atoms with E-state index in [1.807, 2.05) is 18.5 Å². The van der Waals surface area contributed by atoms with Gasteiger partial charge in [-0.15, -0.1) is 0 Å². The Balaban J connectivity index is 1.58. The molecule has 21 heavy (non-hydrogen) atoms. The molecule has 0 aliphatic carbocycles. The Labute approximate surface area is 124 Å². The molecule has 0 atom stereocenters. The van der Waals surface area contributed by atoms with Crippen LogP contribution in [-0.2, 0) is 13.1 Å². The van der Waals surface area contributed by atoms with Gasteiger partial charge in [0.05, 0.1) is 0 Å². The molecule has 1 fully saturated rings. The van der Waals surface area contributed by atoms with Gasteiger partial charge in [-0.05, 0) is 24.6 Å². The second-order valence-corrected chi connectivity index (χ2v) is 5.41. The highest BCUT2D eigenvalue weighted by atomic mass is 19.1. The number of aryl methyl sites for hydroxylation is 1. The first-order valence-corrected chi connectivity index (χ1v) is 7.49. The van der Waals surface area contributed by atoms with Crippen LogP contribution in [-0.4, -0.2) is 40.6 Å². The quantitative estimate of drug-likeness (QED) is 0.863. The second-order valence-electron chi connectivity index (χ2n) is 5.41. The molecule has 0 saturated carbocycles. The lowest BCUT2D eigenvalue weighted by Crippen LogP contribution is -2.46. The lowest BCUT2D eigenvalue weighted by Gasteiger charge is -2.35. The third-order valence-electron chi connectivity index (χ3n) is 3.98. The molecule has 3 rings (SSSR count). The van der Waals surface area contributed by atoms with Crippen LogP contribution in [0.5, 0.6) is 0 Å². The van der Waals surface area contributed by atoms with Crippen molar-refractivity contribution in [2.75, 3.05) is 31.1 Å². The van der Waals surface area contributed by atoms with Crippen molar-refractivity contribution in [2.45, 2.75) is 20.0 Å². The average molecular weight is 288 g/mol. The Morgan fingerprint density at radius 2 is 2.00 bits per heavy atom. The number of anilines is 1. The minimum Gasteiger partial charge on any atom is -0.340 e. The lowest BCUT2D eigenvalue weighted by molar-refractivity contribution is 0.248. The molecule has 4 nitrogen and oxygen atoms in total. The van der Waals surface area contributed by atoms with Crippen molar-refractivity contribution in [3.8, 4) is 0 Å². The Morgan fingerprint density at radius 1 is 1.19 bits per heavy atom. The summed E-state index contributed by atoms with van der Waals surface area (Å²) in [5.41, 5.74) is 1.04. The van der Waals surface area contributed by atoms with Gasteiger partial charge >= 0.3 is 0 Å². The molecular formula is C16H21FN4. The van der Waals surface area contributed by atoms with Crippen LogP contribution in [0.1, 0.15) is 12.5 Å². The van der Waals surface area contributed by atoms with Crippen molar-refractivity contribution >= 4 is 5.95 Å². The van der Waals surface area contributed by atoms with Crippen molar-refractivity contribution in [3.05, 3.63) is 48.0 Å². The van der Waals surface area contributed by atoms with E-state index in [1.165, 1.54) is 6.07 Å². The summed E-state index contributed by atoms with van der Waals surface area (Å²) < 4.78 is 15.4. The van der Waals surface area contributed by atoms with Gasteiger partial charge in [-0.3, -0.25) is 4.90 Å². The molecule has 0 N–H and O–H groups in total. The Hall–Kier alpha value is -1.88. The van der Waals surface area contributed by atoms with E-state index in [9.17, 15) is 4.39 Å². The van der Waals surface area contributed by atoms with Crippen LogP contribution in [0.2, 0.25) is 0 Å². The Bertz CT molecular complexity index is 587. The summed E-state index contributed by atoms with van der Waals surface area (Å²) in [4.78, 5) is 9.14. The van der Waals surface area contributed by atoms with Gasteiger partial charge in [0.2, 0.25) is 5.95 Å². The normalized spacial score (nSPS) is 16.4. The third kappa shape index (κ3) is 3.24. The van der Waals surface area contributed by atoms with E-state index in [4.69, 9.17) is 0 Å². The maximum Gasteiger partial charge on any atom is 0.205 e. The third-order valence-corrected chi connectivity index (χ3v) is 3.98. The van der Waals surface area contributed by atoms with Crippen LogP contribution in [0.15, 0.2) is 36.7 Å². The van der Waals surface area contributed by atoms with Crippen LogP contribution in [0, 0.1) is 5.82 Å². The first kappa shape index (κ1) is 14.1. The van der Waals surface area contributed by atoms with Crippen LogP contribution >= 0.6 is 0 Å². The van der Waals surface area contributed by atoms with Gasteiger partial charge in [0.15, 0.2) is 0 Å². The smallest absolute Gasteiger partial charge is 0.205 e. The summed E-state index contributed by atoms with van der Waals surface area (Å²) in [5, 5.41) is 0. The second kappa shape index (κ2) is 6.26.